The van der Waals surface area contributed by atoms with E-state index in [4.69, 9.17) is 17.4 Å². The van der Waals surface area contributed by atoms with Gasteiger partial charge in [-0.15, -0.1) is 0 Å². The highest BCUT2D eigenvalue weighted by molar-refractivity contribution is 6.30. The summed E-state index contributed by atoms with van der Waals surface area (Å²) in [6.07, 6.45) is 2.54. The number of nitrogens with one attached hydrogen (secondary N) is 1. The van der Waals surface area contributed by atoms with Gasteiger partial charge in [0.1, 0.15) is 5.82 Å². The molecule has 0 saturated heterocycles. The van der Waals surface area contributed by atoms with Gasteiger partial charge in [0.05, 0.1) is 0 Å². The first-order valence-corrected chi connectivity index (χ1v) is 7.52. The zero-order valence-corrected chi connectivity index (χ0v) is 12.4. The minimum absolute atomic E-state index is 0.0491. The van der Waals surface area contributed by atoms with Gasteiger partial charge in [-0.1, -0.05) is 41.9 Å². The Balaban J connectivity index is 1.75. The summed E-state index contributed by atoms with van der Waals surface area (Å²) in [7, 11) is 0. The number of benzene rings is 2. The second-order valence-corrected chi connectivity index (χ2v) is 6.09. The van der Waals surface area contributed by atoms with Crippen LogP contribution < -0.4 is 11.3 Å². The lowest BCUT2D eigenvalue weighted by atomic mass is 9.91. The van der Waals surface area contributed by atoms with Crippen molar-refractivity contribution in [1.29, 1.82) is 0 Å². The molecule has 1 aliphatic carbocycles. The standard InChI is InChI=1S/C17H18ClFN2/c18-15-6-5-13(16(19)10-15)9-17(21-20)14-7-11-3-1-2-4-12(11)8-14/h1-6,10,14,17,21H,7-9,20H2. The Morgan fingerprint density at radius 1 is 1.19 bits per heavy atom. The van der Waals surface area contributed by atoms with E-state index in [1.807, 2.05) is 0 Å². The average molecular weight is 305 g/mol. The van der Waals surface area contributed by atoms with E-state index in [-0.39, 0.29) is 11.9 Å². The van der Waals surface area contributed by atoms with E-state index in [9.17, 15) is 4.39 Å². The average Bonchev–Trinajstić information content (AvgIpc) is 2.90. The Bertz CT molecular complexity index is 619. The van der Waals surface area contributed by atoms with Crippen molar-refractivity contribution in [2.24, 2.45) is 11.8 Å². The van der Waals surface area contributed by atoms with E-state index in [1.54, 1.807) is 12.1 Å². The molecule has 3 N–H and O–H groups in total. The van der Waals surface area contributed by atoms with Crippen molar-refractivity contribution in [2.45, 2.75) is 25.3 Å². The van der Waals surface area contributed by atoms with Gasteiger partial charge in [0.2, 0.25) is 0 Å². The van der Waals surface area contributed by atoms with Crippen LogP contribution in [0.15, 0.2) is 42.5 Å². The van der Waals surface area contributed by atoms with Gasteiger partial charge in [-0.05, 0) is 54.0 Å². The molecule has 0 aliphatic heterocycles. The highest BCUT2D eigenvalue weighted by Crippen LogP contribution is 2.30. The van der Waals surface area contributed by atoms with Crippen LogP contribution >= 0.6 is 11.6 Å². The van der Waals surface area contributed by atoms with Crippen LogP contribution in [0.3, 0.4) is 0 Å². The number of fused-ring (bicyclic) bond motifs is 1. The van der Waals surface area contributed by atoms with Crippen LogP contribution in [-0.2, 0) is 19.3 Å². The molecule has 0 bridgehead atoms. The summed E-state index contributed by atoms with van der Waals surface area (Å²) in [4.78, 5) is 0. The molecule has 3 rings (SSSR count). The van der Waals surface area contributed by atoms with E-state index in [1.165, 1.54) is 17.2 Å². The highest BCUT2D eigenvalue weighted by atomic mass is 35.5. The molecule has 0 aromatic heterocycles. The van der Waals surface area contributed by atoms with Gasteiger partial charge in [0.15, 0.2) is 0 Å². The molecule has 0 saturated carbocycles. The van der Waals surface area contributed by atoms with Gasteiger partial charge in [-0.2, -0.15) is 0 Å². The molecule has 0 spiro atoms. The van der Waals surface area contributed by atoms with E-state index in [2.05, 4.69) is 29.7 Å². The van der Waals surface area contributed by atoms with Crippen molar-refractivity contribution in [3.63, 3.8) is 0 Å². The molecule has 0 radical (unpaired) electrons. The smallest absolute Gasteiger partial charge is 0.127 e. The third-order valence-electron chi connectivity index (χ3n) is 4.32. The van der Waals surface area contributed by atoms with Gasteiger partial charge < -0.3 is 0 Å². The van der Waals surface area contributed by atoms with Gasteiger partial charge in [0.25, 0.3) is 0 Å². The zero-order valence-electron chi connectivity index (χ0n) is 11.7. The Morgan fingerprint density at radius 3 is 2.43 bits per heavy atom. The Kier molecular flexibility index (Phi) is 4.24. The highest BCUT2D eigenvalue weighted by Gasteiger charge is 2.28. The molecule has 0 fully saturated rings. The maximum absolute atomic E-state index is 13.9. The summed E-state index contributed by atoms with van der Waals surface area (Å²) >= 11 is 5.80. The predicted octanol–water partition coefficient (Wildman–Crippen LogP) is 3.27. The first-order chi connectivity index (χ1) is 10.2. The molecule has 110 valence electrons. The van der Waals surface area contributed by atoms with Crippen LogP contribution in [0.25, 0.3) is 0 Å². The lowest BCUT2D eigenvalue weighted by Crippen LogP contribution is -2.43. The SMILES string of the molecule is NNC(Cc1ccc(Cl)cc1F)C1Cc2ccccc2C1. The Morgan fingerprint density at radius 2 is 1.86 bits per heavy atom. The van der Waals surface area contributed by atoms with Crippen LogP contribution in [0.1, 0.15) is 16.7 Å². The Labute approximate surface area is 129 Å². The van der Waals surface area contributed by atoms with Crippen molar-refractivity contribution < 1.29 is 4.39 Å². The third-order valence-corrected chi connectivity index (χ3v) is 4.56. The topological polar surface area (TPSA) is 38.0 Å². The molecule has 21 heavy (non-hydrogen) atoms. The third kappa shape index (κ3) is 3.10. The van der Waals surface area contributed by atoms with Crippen LogP contribution in [0, 0.1) is 11.7 Å². The summed E-state index contributed by atoms with van der Waals surface area (Å²) < 4.78 is 13.9. The van der Waals surface area contributed by atoms with Crippen LogP contribution in [0.5, 0.6) is 0 Å². The number of hydrogen-bond donors (Lipinski definition) is 2. The van der Waals surface area contributed by atoms with Crippen molar-refractivity contribution in [3.8, 4) is 0 Å². The monoisotopic (exact) mass is 304 g/mol. The Hall–Kier alpha value is -1.42. The summed E-state index contributed by atoms with van der Waals surface area (Å²) in [5.41, 5.74) is 6.27. The minimum Gasteiger partial charge on any atom is -0.271 e. The second-order valence-electron chi connectivity index (χ2n) is 5.65. The molecular weight excluding hydrogens is 287 g/mol. The number of nitrogens with two attached hydrogens (primary N) is 1. The van der Waals surface area contributed by atoms with Gasteiger partial charge in [-0.3, -0.25) is 11.3 Å². The van der Waals surface area contributed by atoms with Crippen LogP contribution in [0.4, 0.5) is 4.39 Å². The molecule has 4 heteroatoms. The van der Waals surface area contributed by atoms with Gasteiger partial charge in [0, 0.05) is 11.1 Å². The maximum Gasteiger partial charge on any atom is 0.127 e. The fourth-order valence-electron chi connectivity index (χ4n) is 3.16. The van der Waals surface area contributed by atoms with Crippen molar-refractivity contribution in [2.75, 3.05) is 0 Å². The predicted molar refractivity (Wildman–Crippen MR) is 83.6 cm³/mol. The first kappa shape index (κ1) is 14.5. The molecule has 2 nitrogen and oxygen atoms in total. The van der Waals surface area contributed by atoms with Gasteiger partial charge in [-0.25, -0.2) is 4.39 Å². The normalized spacial score (nSPS) is 16.0. The number of rotatable bonds is 4. The van der Waals surface area contributed by atoms with E-state index >= 15 is 0 Å². The maximum atomic E-state index is 13.9. The molecule has 0 heterocycles. The summed E-state index contributed by atoms with van der Waals surface area (Å²) in [6, 6.07) is 13.3. The molecule has 1 unspecified atom stereocenters. The number of halogens is 2. The van der Waals surface area contributed by atoms with Crippen molar-refractivity contribution >= 4 is 11.6 Å². The second kappa shape index (κ2) is 6.14. The minimum atomic E-state index is -0.265. The molecule has 2 aromatic carbocycles. The number of hydrazine groups is 1. The summed E-state index contributed by atoms with van der Waals surface area (Å²) in [5.74, 6) is 5.84. The van der Waals surface area contributed by atoms with Crippen LogP contribution in [-0.4, -0.2) is 6.04 Å². The van der Waals surface area contributed by atoms with Crippen molar-refractivity contribution in [1.82, 2.24) is 5.43 Å². The zero-order chi connectivity index (χ0) is 14.8. The van der Waals surface area contributed by atoms with E-state index in [0.29, 0.717) is 22.9 Å². The fraction of sp³-hybridized carbons (Fsp3) is 0.294. The largest absolute Gasteiger partial charge is 0.271 e. The van der Waals surface area contributed by atoms with E-state index < -0.39 is 0 Å². The summed E-state index contributed by atoms with van der Waals surface area (Å²) in [5, 5.41) is 0.418. The fourth-order valence-corrected chi connectivity index (χ4v) is 3.32. The molecule has 1 atom stereocenters. The van der Waals surface area contributed by atoms with E-state index in [0.717, 1.165) is 12.8 Å². The molecule has 1 aliphatic rings. The van der Waals surface area contributed by atoms with Crippen LogP contribution in [0.2, 0.25) is 5.02 Å². The van der Waals surface area contributed by atoms with Gasteiger partial charge >= 0.3 is 0 Å². The van der Waals surface area contributed by atoms with Crippen molar-refractivity contribution in [3.05, 3.63) is 70.0 Å². The molecular formula is C17H18ClFN2. The lowest BCUT2D eigenvalue weighted by Gasteiger charge is -2.23. The lowest BCUT2D eigenvalue weighted by molar-refractivity contribution is 0.363. The molecule has 0 amide bonds. The summed E-state index contributed by atoms with van der Waals surface area (Å²) in [6.45, 7) is 0. The number of hydrogen-bond acceptors (Lipinski definition) is 2. The molecule has 2 aromatic rings. The quantitative estimate of drug-likeness (QED) is 0.672. The first-order valence-electron chi connectivity index (χ1n) is 7.14.